The van der Waals surface area contributed by atoms with Gasteiger partial charge in [0.1, 0.15) is 0 Å². The summed E-state index contributed by atoms with van der Waals surface area (Å²) in [5.41, 5.74) is 0.442. The molecule has 0 aliphatic carbocycles. The first kappa shape index (κ1) is 20.5. The van der Waals surface area contributed by atoms with Gasteiger partial charge in [-0.25, -0.2) is 13.1 Å². The molecule has 0 fully saturated rings. The number of hydrogen-bond donors (Lipinski definition) is 2. The molecule has 26 heavy (non-hydrogen) atoms. The number of rotatable bonds is 9. The molecular formula is C19H24N2O3S2. The average molecular weight is 393 g/mol. The molecule has 1 amide bonds. The number of sulfonamides is 1. The molecule has 0 aliphatic heterocycles. The fraction of sp³-hybridized carbons (Fsp3) is 0.316. The van der Waals surface area contributed by atoms with Crippen molar-refractivity contribution in [2.24, 2.45) is 0 Å². The summed E-state index contributed by atoms with van der Waals surface area (Å²) in [6, 6.07) is 15.8. The summed E-state index contributed by atoms with van der Waals surface area (Å²) in [6.07, 6.45) is 0.709. The highest BCUT2D eigenvalue weighted by atomic mass is 32.2. The third-order valence-corrected chi connectivity index (χ3v) is 6.41. The molecule has 0 saturated heterocycles. The summed E-state index contributed by atoms with van der Waals surface area (Å²) >= 11 is 1.67. The highest BCUT2D eigenvalue weighted by Crippen LogP contribution is 2.16. The van der Waals surface area contributed by atoms with E-state index in [4.69, 9.17) is 0 Å². The number of amides is 1. The van der Waals surface area contributed by atoms with E-state index in [9.17, 15) is 13.2 Å². The van der Waals surface area contributed by atoms with E-state index in [2.05, 4.69) is 10.0 Å². The van der Waals surface area contributed by atoms with Crippen molar-refractivity contribution < 1.29 is 13.2 Å². The van der Waals surface area contributed by atoms with E-state index in [0.717, 1.165) is 10.6 Å². The standard InChI is InChI=1S/C19H24N2O3S2/c1-3-15(2)21-26(23,24)18-11-9-16(10-12-18)19(22)20-13-14-25-17-7-5-4-6-8-17/h4-12,15,21H,3,13-14H2,1-2H3,(H,20,22). The Bertz CT molecular complexity index is 806. The van der Waals surface area contributed by atoms with Gasteiger partial charge in [0.15, 0.2) is 0 Å². The molecule has 2 N–H and O–H groups in total. The van der Waals surface area contributed by atoms with Crippen LogP contribution in [0.4, 0.5) is 0 Å². The number of nitrogens with one attached hydrogen (secondary N) is 2. The van der Waals surface area contributed by atoms with E-state index in [1.165, 1.54) is 24.3 Å². The second kappa shape index (κ2) is 9.75. The molecule has 0 aromatic heterocycles. The normalized spacial score (nSPS) is 12.5. The first-order valence-corrected chi connectivity index (χ1v) is 11.0. The molecular weight excluding hydrogens is 368 g/mol. The fourth-order valence-electron chi connectivity index (χ4n) is 2.15. The smallest absolute Gasteiger partial charge is 0.251 e. The number of thioether (sulfide) groups is 1. The zero-order valence-corrected chi connectivity index (χ0v) is 16.6. The number of carbonyl (C=O) groups excluding carboxylic acids is 1. The van der Waals surface area contributed by atoms with Crippen molar-refractivity contribution in [3.8, 4) is 0 Å². The zero-order valence-electron chi connectivity index (χ0n) is 14.9. The topological polar surface area (TPSA) is 75.3 Å². The molecule has 2 aromatic rings. The van der Waals surface area contributed by atoms with Crippen molar-refractivity contribution >= 4 is 27.7 Å². The van der Waals surface area contributed by atoms with Crippen molar-refractivity contribution in [1.29, 1.82) is 0 Å². The molecule has 1 unspecified atom stereocenters. The Morgan fingerprint density at radius 3 is 2.35 bits per heavy atom. The van der Waals surface area contributed by atoms with Gasteiger partial charge in [0.25, 0.3) is 5.91 Å². The number of carbonyl (C=O) groups is 1. The first-order valence-electron chi connectivity index (χ1n) is 8.51. The zero-order chi connectivity index (χ0) is 19.0. The lowest BCUT2D eigenvalue weighted by molar-refractivity contribution is 0.0956. The number of hydrogen-bond acceptors (Lipinski definition) is 4. The third kappa shape index (κ3) is 6.16. The molecule has 7 heteroatoms. The Labute approximate surface area is 159 Å². The van der Waals surface area contributed by atoms with Crippen LogP contribution >= 0.6 is 11.8 Å². The quantitative estimate of drug-likeness (QED) is 0.507. The highest BCUT2D eigenvalue weighted by molar-refractivity contribution is 7.99. The van der Waals surface area contributed by atoms with Crippen LogP contribution in [0.2, 0.25) is 0 Å². The van der Waals surface area contributed by atoms with Crippen LogP contribution in [-0.4, -0.2) is 32.7 Å². The summed E-state index contributed by atoms with van der Waals surface area (Å²) < 4.78 is 27.0. The van der Waals surface area contributed by atoms with Gasteiger partial charge in [-0.05, 0) is 49.7 Å². The Balaban J connectivity index is 1.86. The maximum absolute atomic E-state index is 12.2. The van der Waals surface area contributed by atoms with Crippen LogP contribution < -0.4 is 10.0 Å². The monoisotopic (exact) mass is 392 g/mol. The van der Waals surface area contributed by atoms with Gasteiger partial charge in [0.05, 0.1) is 4.90 Å². The second-order valence-corrected chi connectivity index (χ2v) is 8.75. The Hall–Kier alpha value is -1.83. The lowest BCUT2D eigenvalue weighted by atomic mass is 10.2. The van der Waals surface area contributed by atoms with Crippen molar-refractivity contribution in [2.75, 3.05) is 12.3 Å². The van der Waals surface area contributed by atoms with Gasteiger partial charge >= 0.3 is 0 Å². The molecule has 0 aliphatic rings. The van der Waals surface area contributed by atoms with E-state index in [0.29, 0.717) is 18.5 Å². The predicted octanol–water partition coefficient (Wildman–Crippen LogP) is 3.29. The minimum absolute atomic E-state index is 0.134. The Morgan fingerprint density at radius 2 is 1.73 bits per heavy atom. The van der Waals surface area contributed by atoms with Crippen molar-refractivity contribution in [3.63, 3.8) is 0 Å². The summed E-state index contributed by atoms with van der Waals surface area (Å²) in [4.78, 5) is 13.5. The van der Waals surface area contributed by atoms with Crippen LogP contribution in [0.15, 0.2) is 64.4 Å². The lowest BCUT2D eigenvalue weighted by Gasteiger charge is -2.12. The average Bonchev–Trinajstić information content (AvgIpc) is 2.65. The highest BCUT2D eigenvalue weighted by Gasteiger charge is 2.17. The SMILES string of the molecule is CCC(C)NS(=O)(=O)c1ccc(C(=O)NCCSc2ccccc2)cc1. The Kier molecular flexibility index (Phi) is 7.68. The molecule has 0 radical (unpaired) electrons. The summed E-state index contributed by atoms with van der Waals surface area (Å²) in [5, 5.41) is 2.84. The van der Waals surface area contributed by atoms with Gasteiger partial charge in [-0.2, -0.15) is 0 Å². The molecule has 0 heterocycles. The predicted molar refractivity (Wildman–Crippen MR) is 106 cm³/mol. The maximum Gasteiger partial charge on any atom is 0.251 e. The van der Waals surface area contributed by atoms with E-state index in [1.54, 1.807) is 11.8 Å². The minimum Gasteiger partial charge on any atom is -0.351 e. The number of benzene rings is 2. The molecule has 1 atom stereocenters. The van der Waals surface area contributed by atoms with Gasteiger partial charge in [-0.15, -0.1) is 11.8 Å². The molecule has 0 spiro atoms. The summed E-state index contributed by atoms with van der Waals surface area (Å²) in [5.74, 6) is 0.554. The van der Waals surface area contributed by atoms with E-state index < -0.39 is 10.0 Å². The minimum atomic E-state index is -3.55. The second-order valence-electron chi connectivity index (χ2n) is 5.87. The van der Waals surface area contributed by atoms with Crippen molar-refractivity contribution in [3.05, 3.63) is 60.2 Å². The largest absolute Gasteiger partial charge is 0.351 e. The van der Waals surface area contributed by atoms with E-state index in [1.807, 2.05) is 44.2 Å². The summed E-state index contributed by atoms with van der Waals surface area (Å²) in [6.45, 7) is 4.26. The lowest BCUT2D eigenvalue weighted by Crippen LogP contribution is -2.32. The van der Waals surface area contributed by atoms with Gasteiger partial charge in [-0.1, -0.05) is 25.1 Å². The van der Waals surface area contributed by atoms with Gasteiger partial charge in [0, 0.05) is 28.8 Å². The fourth-order valence-corrected chi connectivity index (χ4v) is 4.27. The van der Waals surface area contributed by atoms with E-state index in [-0.39, 0.29) is 16.8 Å². The van der Waals surface area contributed by atoms with Gasteiger partial charge in [0.2, 0.25) is 10.0 Å². The Morgan fingerprint density at radius 1 is 1.08 bits per heavy atom. The van der Waals surface area contributed by atoms with Crippen LogP contribution in [-0.2, 0) is 10.0 Å². The van der Waals surface area contributed by atoms with Crippen molar-refractivity contribution in [2.45, 2.75) is 36.1 Å². The molecule has 2 aromatic carbocycles. The first-order chi connectivity index (χ1) is 12.4. The van der Waals surface area contributed by atoms with Crippen LogP contribution in [0.1, 0.15) is 30.6 Å². The summed E-state index contributed by atoms with van der Waals surface area (Å²) in [7, 11) is -3.55. The van der Waals surface area contributed by atoms with Gasteiger partial charge in [-0.3, -0.25) is 4.79 Å². The van der Waals surface area contributed by atoms with Crippen LogP contribution in [0.25, 0.3) is 0 Å². The van der Waals surface area contributed by atoms with Crippen LogP contribution in [0, 0.1) is 0 Å². The van der Waals surface area contributed by atoms with Crippen molar-refractivity contribution in [1.82, 2.24) is 10.0 Å². The molecule has 5 nitrogen and oxygen atoms in total. The van der Waals surface area contributed by atoms with Crippen LogP contribution in [0.3, 0.4) is 0 Å². The third-order valence-electron chi connectivity index (χ3n) is 3.80. The molecule has 0 saturated carbocycles. The molecule has 140 valence electrons. The van der Waals surface area contributed by atoms with Crippen LogP contribution in [0.5, 0.6) is 0 Å². The molecule has 0 bridgehead atoms. The maximum atomic E-state index is 12.2. The molecule has 2 rings (SSSR count). The van der Waals surface area contributed by atoms with Gasteiger partial charge < -0.3 is 5.32 Å². The van der Waals surface area contributed by atoms with E-state index >= 15 is 0 Å².